The highest BCUT2D eigenvalue weighted by Crippen LogP contribution is 2.19. The van der Waals surface area contributed by atoms with E-state index in [2.05, 4.69) is 4.98 Å². The van der Waals surface area contributed by atoms with Crippen LogP contribution in [0, 0.1) is 0 Å². The average molecular weight is 269 g/mol. The Hall–Kier alpha value is -2.23. The molecule has 4 heteroatoms. The number of aromatic nitrogens is 1. The van der Waals surface area contributed by atoms with Gasteiger partial charge in [-0.1, -0.05) is 24.3 Å². The summed E-state index contributed by atoms with van der Waals surface area (Å²) in [5, 5.41) is 0.970. The molecule has 1 aromatic carbocycles. The maximum Gasteiger partial charge on any atom is 0.357 e. The van der Waals surface area contributed by atoms with Crippen LogP contribution in [0.25, 0.3) is 10.9 Å². The predicted octanol–water partition coefficient (Wildman–Crippen LogP) is 2.90. The molecule has 0 radical (unpaired) electrons. The summed E-state index contributed by atoms with van der Waals surface area (Å²) in [5.41, 5.74) is 0.999. The Bertz CT molecular complexity index is 666. The number of hydrogen-bond acceptors (Lipinski definition) is 4. The van der Waals surface area contributed by atoms with Gasteiger partial charge < -0.3 is 4.74 Å². The summed E-state index contributed by atoms with van der Waals surface area (Å²) in [6, 6.07) is 11.0. The van der Waals surface area contributed by atoms with Crippen molar-refractivity contribution in [3.05, 3.63) is 42.1 Å². The minimum absolute atomic E-state index is 0.0189. The van der Waals surface area contributed by atoms with Gasteiger partial charge in [0.05, 0.1) is 5.52 Å². The molecule has 1 atom stereocenters. The molecule has 1 aromatic heterocycles. The van der Waals surface area contributed by atoms with E-state index in [0.717, 1.165) is 23.7 Å². The van der Waals surface area contributed by atoms with Crippen LogP contribution in [-0.2, 0) is 9.53 Å². The van der Waals surface area contributed by atoms with Crippen LogP contribution in [-0.4, -0.2) is 22.8 Å². The van der Waals surface area contributed by atoms with Crippen molar-refractivity contribution >= 4 is 22.7 Å². The van der Waals surface area contributed by atoms with E-state index in [-0.39, 0.29) is 11.5 Å². The third-order valence-corrected chi connectivity index (χ3v) is 3.56. The van der Waals surface area contributed by atoms with Crippen molar-refractivity contribution in [1.29, 1.82) is 0 Å². The first-order chi connectivity index (χ1) is 9.74. The minimum atomic E-state index is -0.593. The number of ether oxygens (including phenoxy) is 1. The number of hydrogen-bond donors (Lipinski definition) is 0. The zero-order chi connectivity index (χ0) is 13.9. The maximum absolute atomic E-state index is 12.1. The summed E-state index contributed by atoms with van der Waals surface area (Å²) in [4.78, 5) is 28.0. The fraction of sp³-hybridized carbons (Fsp3) is 0.312. The Morgan fingerprint density at radius 3 is 2.85 bits per heavy atom. The first-order valence-corrected chi connectivity index (χ1v) is 6.83. The first-order valence-electron chi connectivity index (χ1n) is 6.83. The van der Waals surface area contributed by atoms with Gasteiger partial charge in [0, 0.05) is 11.8 Å². The fourth-order valence-electron chi connectivity index (χ4n) is 2.44. The molecule has 4 nitrogen and oxygen atoms in total. The number of para-hydroxylation sites is 1. The summed E-state index contributed by atoms with van der Waals surface area (Å²) in [6.45, 7) is 0. The Balaban J connectivity index is 1.79. The molecule has 3 rings (SSSR count). The van der Waals surface area contributed by atoms with Crippen LogP contribution in [0.5, 0.6) is 0 Å². The minimum Gasteiger partial charge on any atom is -0.450 e. The molecule has 0 saturated heterocycles. The van der Waals surface area contributed by atoms with E-state index in [1.807, 2.05) is 30.3 Å². The molecule has 20 heavy (non-hydrogen) atoms. The average Bonchev–Trinajstić information content (AvgIpc) is 2.49. The van der Waals surface area contributed by atoms with Crippen LogP contribution in [0.4, 0.5) is 0 Å². The van der Waals surface area contributed by atoms with Gasteiger partial charge in [-0.2, -0.15) is 0 Å². The molecule has 1 fully saturated rings. The molecule has 0 N–H and O–H groups in total. The standard InChI is InChI=1S/C16H15NO3/c18-14-7-3-4-8-15(14)20-16(19)13-10-9-11-5-1-2-6-12(11)17-13/h1-2,5-6,9-10,15H,3-4,7-8H2. The monoisotopic (exact) mass is 269 g/mol. The number of carbonyl (C=O) groups excluding carboxylic acids is 2. The zero-order valence-corrected chi connectivity index (χ0v) is 11.0. The van der Waals surface area contributed by atoms with Crippen molar-refractivity contribution in [3.63, 3.8) is 0 Å². The molecule has 0 amide bonds. The van der Waals surface area contributed by atoms with E-state index in [4.69, 9.17) is 4.74 Å². The molecule has 0 spiro atoms. The second kappa shape index (κ2) is 5.41. The Kier molecular flexibility index (Phi) is 3.46. The fourth-order valence-corrected chi connectivity index (χ4v) is 2.44. The number of fused-ring (bicyclic) bond motifs is 1. The summed E-state index contributed by atoms with van der Waals surface area (Å²) in [5.74, 6) is -0.499. The Labute approximate surface area is 116 Å². The van der Waals surface area contributed by atoms with Gasteiger partial charge in [0.15, 0.2) is 11.9 Å². The zero-order valence-electron chi connectivity index (χ0n) is 11.0. The Morgan fingerprint density at radius 1 is 1.15 bits per heavy atom. The van der Waals surface area contributed by atoms with Crippen LogP contribution < -0.4 is 0 Å². The molecule has 2 aromatic rings. The van der Waals surface area contributed by atoms with Crippen molar-refractivity contribution in [2.45, 2.75) is 31.8 Å². The second-order valence-electron chi connectivity index (χ2n) is 5.00. The highest BCUT2D eigenvalue weighted by molar-refractivity contribution is 5.93. The number of Topliss-reactive ketones (excluding diaryl/α,β-unsaturated/α-hetero) is 1. The topological polar surface area (TPSA) is 56.3 Å². The normalized spacial score (nSPS) is 19.0. The van der Waals surface area contributed by atoms with Gasteiger partial charge in [0.25, 0.3) is 0 Å². The maximum atomic E-state index is 12.1. The van der Waals surface area contributed by atoms with E-state index in [0.29, 0.717) is 12.8 Å². The van der Waals surface area contributed by atoms with E-state index in [1.54, 1.807) is 6.07 Å². The number of esters is 1. The lowest BCUT2D eigenvalue weighted by Crippen LogP contribution is -2.30. The first kappa shape index (κ1) is 12.8. The SMILES string of the molecule is O=C(OC1CCCCC1=O)c1ccc2ccccc2n1. The van der Waals surface area contributed by atoms with Crippen molar-refractivity contribution in [2.75, 3.05) is 0 Å². The molecule has 1 aliphatic carbocycles. The number of benzene rings is 1. The summed E-state index contributed by atoms with van der Waals surface area (Å²) in [6.07, 6.45) is 2.35. The Morgan fingerprint density at radius 2 is 2.00 bits per heavy atom. The lowest BCUT2D eigenvalue weighted by Gasteiger charge is -2.20. The summed E-state index contributed by atoms with van der Waals surface area (Å²) >= 11 is 0. The second-order valence-corrected chi connectivity index (χ2v) is 5.00. The quantitative estimate of drug-likeness (QED) is 0.787. The van der Waals surface area contributed by atoms with Crippen molar-refractivity contribution in [2.24, 2.45) is 0 Å². The number of pyridine rings is 1. The van der Waals surface area contributed by atoms with E-state index < -0.39 is 12.1 Å². The molecule has 0 aliphatic heterocycles. The highest BCUT2D eigenvalue weighted by atomic mass is 16.5. The van der Waals surface area contributed by atoms with Gasteiger partial charge in [-0.25, -0.2) is 9.78 Å². The van der Waals surface area contributed by atoms with Gasteiger partial charge in [-0.05, 0) is 31.4 Å². The van der Waals surface area contributed by atoms with E-state index in [1.165, 1.54) is 0 Å². The number of ketones is 1. The van der Waals surface area contributed by atoms with Gasteiger partial charge in [-0.3, -0.25) is 4.79 Å². The predicted molar refractivity (Wildman–Crippen MR) is 74.4 cm³/mol. The molecule has 0 bridgehead atoms. The van der Waals surface area contributed by atoms with Crippen LogP contribution >= 0.6 is 0 Å². The molecule has 1 aliphatic rings. The lowest BCUT2D eigenvalue weighted by molar-refractivity contribution is -0.129. The molecular formula is C16H15NO3. The van der Waals surface area contributed by atoms with Crippen LogP contribution in [0.1, 0.15) is 36.2 Å². The number of rotatable bonds is 2. The van der Waals surface area contributed by atoms with Crippen molar-refractivity contribution < 1.29 is 14.3 Å². The third-order valence-electron chi connectivity index (χ3n) is 3.56. The van der Waals surface area contributed by atoms with E-state index in [9.17, 15) is 9.59 Å². The third kappa shape index (κ3) is 2.54. The summed E-state index contributed by atoms with van der Waals surface area (Å²) < 4.78 is 5.29. The molecule has 1 saturated carbocycles. The van der Waals surface area contributed by atoms with Crippen molar-refractivity contribution in [3.8, 4) is 0 Å². The van der Waals surface area contributed by atoms with E-state index >= 15 is 0 Å². The lowest BCUT2D eigenvalue weighted by atomic mass is 9.96. The van der Waals surface area contributed by atoms with Gasteiger partial charge >= 0.3 is 5.97 Å². The van der Waals surface area contributed by atoms with Gasteiger partial charge in [-0.15, -0.1) is 0 Å². The number of carbonyl (C=O) groups is 2. The van der Waals surface area contributed by atoms with Crippen molar-refractivity contribution in [1.82, 2.24) is 4.98 Å². The summed E-state index contributed by atoms with van der Waals surface area (Å²) in [7, 11) is 0. The molecule has 1 heterocycles. The number of nitrogens with zero attached hydrogens (tertiary/aromatic N) is 1. The molecule has 102 valence electrons. The van der Waals surface area contributed by atoms with Gasteiger partial charge in [0.2, 0.25) is 0 Å². The largest absolute Gasteiger partial charge is 0.450 e. The van der Waals surface area contributed by atoms with Crippen LogP contribution in [0.15, 0.2) is 36.4 Å². The molecule has 1 unspecified atom stereocenters. The smallest absolute Gasteiger partial charge is 0.357 e. The van der Waals surface area contributed by atoms with Crippen LogP contribution in [0.3, 0.4) is 0 Å². The highest BCUT2D eigenvalue weighted by Gasteiger charge is 2.26. The van der Waals surface area contributed by atoms with Crippen LogP contribution in [0.2, 0.25) is 0 Å². The molecular weight excluding hydrogens is 254 g/mol. The van der Waals surface area contributed by atoms with Gasteiger partial charge in [0.1, 0.15) is 5.69 Å².